The molecule has 0 aromatic carbocycles. The third-order valence-electron chi connectivity index (χ3n) is 2.10. The number of fused-ring (bicyclic) bond motifs is 3. The van der Waals surface area contributed by atoms with Crippen molar-refractivity contribution in [3.05, 3.63) is 0 Å². The van der Waals surface area contributed by atoms with Gasteiger partial charge in [0, 0.05) is 6.55 Å². The molecule has 0 aromatic rings. The van der Waals surface area contributed by atoms with Crippen LogP contribution in [-0.4, -0.2) is 39.3 Å². The van der Waals surface area contributed by atoms with Gasteiger partial charge in [0.05, 0.1) is 0 Å². The molecule has 1 N–H and O–H groups in total. The van der Waals surface area contributed by atoms with Gasteiger partial charge in [0.25, 0.3) is 0 Å². The first kappa shape index (κ1) is 8.10. The van der Waals surface area contributed by atoms with Gasteiger partial charge in [-0.25, -0.2) is 0 Å². The first-order chi connectivity index (χ1) is 5.18. The minimum Gasteiger partial charge on any atom is -0.361 e. The number of hydrogen-bond acceptors (Lipinski definition) is 4. The van der Waals surface area contributed by atoms with Gasteiger partial charge in [-0.05, 0) is 0 Å². The van der Waals surface area contributed by atoms with Gasteiger partial charge in [0.2, 0.25) is 0 Å². The average Bonchev–Trinajstić information content (AvgIpc) is 2.07. The van der Waals surface area contributed by atoms with Gasteiger partial charge in [-0.2, -0.15) is 0 Å². The number of hydrogen-bond donors (Lipinski definition) is 1. The molecular formula is C5H12O4PSi+. The van der Waals surface area contributed by atoms with Crippen molar-refractivity contribution in [3.63, 3.8) is 0 Å². The Hall–Kier alpha value is 0.487. The Balaban J connectivity index is 2.12. The number of aliphatic hydroxyl groups excluding tert-OH is 1. The Bertz CT molecular complexity index is 151. The van der Waals surface area contributed by atoms with E-state index in [9.17, 15) is 0 Å². The molecule has 3 saturated heterocycles. The van der Waals surface area contributed by atoms with Gasteiger partial charge in [0.1, 0.15) is 7.26 Å². The summed E-state index contributed by atoms with van der Waals surface area (Å²) in [6, 6.07) is 0. The zero-order valence-electron chi connectivity index (χ0n) is 6.45. The van der Waals surface area contributed by atoms with Gasteiger partial charge < -0.3 is 18.4 Å². The molecule has 4 nitrogen and oxygen atoms in total. The van der Waals surface area contributed by atoms with Gasteiger partial charge in [-0.15, -0.1) is 0 Å². The van der Waals surface area contributed by atoms with E-state index in [0.29, 0.717) is 19.0 Å². The van der Waals surface area contributed by atoms with Crippen LogP contribution in [0.5, 0.6) is 0 Å². The Kier molecular flexibility index (Phi) is 1.83. The predicted octanol–water partition coefficient (Wildman–Crippen LogP) is 0.472. The minimum atomic E-state index is -2.19. The smallest absolute Gasteiger partial charge is 0.361 e. The zero-order chi connectivity index (χ0) is 7.95. The lowest BCUT2D eigenvalue weighted by molar-refractivity contribution is 0.0663. The third-order valence-corrected chi connectivity index (χ3v) is 7.47. The second kappa shape index (κ2) is 2.49. The fraction of sp³-hybridized carbons (Fsp3) is 1.00. The van der Waals surface area contributed by atoms with Crippen LogP contribution in [0.25, 0.3) is 0 Å². The van der Waals surface area contributed by atoms with Crippen molar-refractivity contribution in [2.24, 2.45) is 0 Å². The van der Waals surface area contributed by atoms with Crippen LogP contribution in [0.1, 0.15) is 0 Å². The van der Waals surface area contributed by atoms with Crippen LogP contribution < -0.4 is 0 Å². The lowest BCUT2D eigenvalue weighted by atomic mass is 11.6. The molecule has 3 aliphatic heterocycles. The van der Waals surface area contributed by atoms with Crippen molar-refractivity contribution in [2.45, 2.75) is 6.55 Å². The molecule has 2 bridgehead atoms. The maximum Gasteiger partial charge on any atom is 0.505 e. The third kappa shape index (κ3) is 1.26. The fourth-order valence-corrected chi connectivity index (χ4v) is 7.94. The summed E-state index contributed by atoms with van der Waals surface area (Å²) in [7, 11) is -3.60. The highest BCUT2D eigenvalue weighted by atomic mass is 31.2. The summed E-state index contributed by atoms with van der Waals surface area (Å²) in [5.41, 5.74) is 0. The molecule has 0 spiro atoms. The van der Waals surface area contributed by atoms with E-state index >= 15 is 0 Å². The molecule has 64 valence electrons. The maximum absolute atomic E-state index is 9.07. The highest BCUT2D eigenvalue weighted by Gasteiger charge is 2.58. The van der Waals surface area contributed by atoms with Crippen molar-refractivity contribution < 1.29 is 18.4 Å². The standard InChI is InChI=1S/C5H12O4PSi/c1-11-7-3-10(2-6,4-8-11)5-9-11/h6H,2-5H2,1H3/q+1. The van der Waals surface area contributed by atoms with Crippen LogP contribution in [-0.2, 0) is 13.3 Å². The molecule has 0 atom stereocenters. The molecule has 6 heteroatoms. The van der Waals surface area contributed by atoms with E-state index in [1.807, 2.05) is 6.55 Å². The molecule has 3 rings (SSSR count). The summed E-state index contributed by atoms with van der Waals surface area (Å²) in [5, 5.41) is 9.07. The number of aliphatic hydroxyl groups is 1. The fourth-order valence-electron chi connectivity index (χ4n) is 1.12. The summed E-state index contributed by atoms with van der Waals surface area (Å²) in [6.45, 7) is 1.90. The van der Waals surface area contributed by atoms with Crippen molar-refractivity contribution in [1.29, 1.82) is 0 Å². The van der Waals surface area contributed by atoms with E-state index in [2.05, 4.69) is 0 Å². The second-order valence-corrected chi connectivity index (χ2v) is 9.50. The predicted molar refractivity (Wildman–Crippen MR) is 43.5 cm³/mol. The first-order valence-corrected chi connectivity index (χ1v) is 8.31. The van der Waals surface area contributed by atoms with E-state index in [0.717, 1.165) is 0 Å². The van der Waals surface area contributed by atoms with E-state index in [1.165, 1.54) is 0 Å². The van der Waals surface area contributed by atoms with Crippen LogP contribution in [0.15, 0.2) is 0 Å². The molecule has 0 amide bonds. The lowest BCUT2D eigenvalue weighted by Crippen LogP contribution is -2.53. The quantitative estimate of drug-likeness (QED) is 0.488. The molecule has 0 aromatic heterocycles. The van der Waals surface area contributed by atoms with Crippen molar-refractivity contribution >= 4 is 16.1 Å². The normalized spacial score (nSPS) is 49.6. The highest BCUT2D eigenvalue weighted by molar-refractivity contribution is 7.75. The zero-order valence-corrected chi connectivity index (χ0v) is 8.34. The van der Waals surface area contributed by atoms with Crippen molar-refractivity contribution in [1.82, 2.24) is 0 Å². The summed E-state index contributed by atoms with van der Waals surface area (Å²) in [5.74, 6) is 0. The Morgan fingerprint density at radius 2 is 1.73 bits per heavy atom. The molecule has 11 heavy (non-hydrogen) atoms. The molecular weight excluding hydrogens is 183 g/mol. The summed E-state index contributed by atoms with van der Waals surface area (Å²) in [6.07, 6.45) is 2.29. The van der Waals surface area contributed by atoms with E-state index in [1.54, 1.807) is 0 Å². The Labute approximate surface area is 67.2 Å². The highest BCUT2D eigenvalue weighted by Crippen LogP contribution is 2.64. The average molecular weight is 195 g/mol. The van der Waals surface area contributed by atoms with Gasteiger partial charge in [-0.3, -0.25) is 0 Å². The molecule has 3 heterocycles. The Morgan fingerprint density at radius 3 is 2.09 bits per heavy atom. The molecule has 0 aliphatic carbocycles. The topological polar surface area (TPSA) is 47.9 Å². The van der Waals surface area contributed by atoms with Crippen LogP contribution in [0.2, 0.25) is 6.55 Å². The second-order valence-electron chi connectivity index (χ2n) is 3.17. The summed E-state index contributed by atoms with van der Waals surface area (Å²) < 4.78 is 16.3. The van der Waals surface area contributed by atoms with Crippen LogP contribution >= 0.6 is 7.26 Å². The molecule has 0 unspecified atom stereocenters. The Morgan fingerprint density at radius 1 is 1.27 bits per heavy atom. The van der Waals surface area contributed by atoms with Crippen LogP contribution in [0.4, 0.5) is 0 Å². The molecule has 3 aliphatic rings. The monoisotopic (exact) mass is 195 g/mol. The first-order valence-electron chi connectivity index (χ1n) is 3.56. The number of rotatable bonds is 1. The van der Waals surface area contributed by atoms with E-state index in [-0.39, 0.29) is 6.35 Å². The van der Waals surface area contributed by atoms with Crippen LogP contribution in [0.3, 0.4) is 0 Å². The van der Waals surface area contributed by atoms with Crippen molar-refractivity contribution in [2.75, 3.05) is 25.4 Å². The molecule has 0 radical (unpaired) electrons. The summed E-state index contributed by atoms with van der Waals surface area (Å²) >= 11 is 0. The maximum atomic E-state index is 9.07. The van der Waals surface area contributed by atoms with Gasteiger partial charge >= 0.3 is 8.80 Å². The molecule has 0 saturated carbocycles. The minimum absolute atomic E-state index is 0.192. The van der Waals surface area contributed by atoms with E-state index in [4.69, 9.17) is 18.4 Å². The summed E-state index contributed by atoms with van der Waals surface area (Å²) in [4.78, 5) is 0. The van der Waals surface area contributed by atoms with Crippen LogP contribution in [0, 0.1) is 0 Å². The lowest BCUT2D eigenvalue weighted by Gasteiger charge is -2.42. The van der Waals surface area contributed by atoms with E-state index < -0.39 is 16.1 Å². The largest absolute Gasteiger partial charge is 0.505 e. The SMILES string of the molecule is C[Si]12OC[P+](CO)(CO1)CO2. The van der Waals surface area contributed by atoms with Gasteiger partial charge in [0.15, 0.2) is 25.4 Å². The van der Waals surface area contributed by atoms with Crippen molar-refractivity contribution in [3.8, 4) is 0 Å². The molecule has 3 fully saturated rings. The van der Waals surface area contributed by atoms with Gasteiger partial charge in [-0.1, -0.05) is 0 Å².